The van der Waals surface area contributed by atoms with E-state index < -0.39 is 0 Å². The molecular weight excluding hydrogens is 273 g/mol. The van der Waals surface area contributed by atoms with E-state index in [-0.39, 0.29) is 10.8 Å². The van der Waals surface area contributed by atoms with E-state index in [2.05, 4.69) is 29.6 Å². The Balaban J connectivity index is 1.83. The summed E-state index contributed by atoms with van der Waals surface area (Å²) in [6.45, 7) is 0. The average molecular weight is 290 g/mol. The number of rotatable bonds is 3. The minimum Gasteiger partial charge on any atom is -0.313 e. The van der Waals surface area contributed by atoms with E-state index in [9.17, 15) is 4.39 Å². The van der Waals surface area contributed by atoms with Crippen molar-refractivity contribution in [1.82, 2.24) is 5.32 Å². The lowest BCUT2D eigenvalue weighted by Gasteiger charge is -2.20. The molecule has 0 aromatic heterocycles. The van der Waals surface area contributed by atoms with Crippen LogP contribution >= 0.6 is 11.6 Å². The first-order valence-corrected chi connectivity index (χ1v) is 7.26. The van der Waals surface area contributed by atoms with E-state index in [0.717, 1.165) is 18.4 Å². The van der Waals surface area contributed by atoms with Gasteiger partial charge in [0.1, 0.15) is 5.82 Å². The Morgan fingerprint density at radius 3 is 2.80 bits per heavy atom. The molecule has 1 aliphatic rings. The topological polar surface area (TPSA) is 12.0 Å². The molecule has 0 saturated heterocycles. The van der Waals surface area contributed by atoms with Crippen LogP contribution in [-0.4, -0.2) is 7.05 Å². The quantitative estimate of drug-likeness (QED) is 0.895. The van der Waals surface area contributed by atoms with Crippen LogP contribution < -0.4 is 5.32 Å². The van der Waals surface area contributed by atoms with Gasteiger partial charge in [-0.1, -0.05) is 41.9 Å². The molecule has 3 rings (SSSR count). The second kappa shape index (κ2) is 5.55. The van der Waals surface area contributed by atoms with Crippen LogP contribution in [0, 0.1) is 11.7 Å². The van der Waals surface area contributed by atoms with Crippen molar-refractivity contribution >= 4 is 11.6 Å². The van der Waals surface area contributed by atoms with Gasteiger partial charge in [-0.05, 0) is 54.6 Å². The molecule has 2 atom stereocenters. The third-order valence-electron chi connectivity index (χ3n) is 4.14. The zero-order valence-electron chi connectivity index (χ0n) is 11.4. The molecule has 0 aliphatic heterocycles. The molecule has 0 spiro atoms. The molecule has 1 N–H and O–H groups in total. The van der Waals surface area contributed by atoms with Crippen LogP contribution in [0.25, 0.3) is 0 Å². The van der Waals surface area contributed by atoms with Crippen LogP contribution in [0.5, 0.6) is 0 Å². The highest BCUT2D eigenvalue weighted by atomic mass is 35.5. The molecule has 0 amide bonds. The summed E-state index contributed by atoms with van der Waals surface area (Å²) >= 11 is 5.74. The lowest BCUT2D eigenvalue weighted by molar-refractivity contribution is 0.410. The summed E-state index contributed by atoms with van der Waals surface area (Å²) in [6, 6.07) is 14.0. The third kappa shape index (κ3) is 2.46. The van der Waals surface area contributed by atoms with Crippen molar-refractivity contribution in [3.63, 3.8) is 0 Å². The zero-order valence-corrected chi connectivity index (χ0v) is 12.1. The molecule has 0 saturated carbocycles. The van der Waals surface area contributed by atoms with Gasteiger partial charge in [-0.25, -0.2) is 4.39 Å². The van der Waals surface area contributed by atoms with Crippen molar-refractivity contribution in [3.05, 3.63) is 70.0 Å². The molecular formula is C17H17ClFN. The molecule has 2 aromatic carbocycles. The van der Waals surface area contributed by atoms with Gasteiger partial charge < -0.3 is 5.32 Å². The van der Waals surface area contributed by atoms with Gasteiger partial charge >= 0.3 is 0 Å². The standard InChI is InChI=1S/C17H17ClFN/c1-20-17-13(10-12-4-2-3-5-14(12)17)8-11-6-7-15(18)16(19)9-11/h2-7,9,13,17,20H,8,10H2,1H3. The Kier molecular flexibility index (Phi) is 3.77. The molecule has 3 heteroatoms. The third-order valence-corrected chi connectivity index (χ3v) is 4.44. The Labute approximate surface area is 123 Å². The van der Waals surface area contributed by atoms with Crippen molar-refractivity contribution in [2.75, 3.05) is 7.05 Å². The Morgan fingerprint density at radius 2 is 2.05 bits per heavy atom. The van der Waals surface area contributed by atoms with Crippen molar-refractivity contribution in [1.29, 1.82) is 0 Å². The van der Waals surface area contributed by atoms with Gasteiger partial charge in [-0.15, -0.1) is 0 Å². The van der Waals surface area contributed by atoms with Crippen LogP contribution in [0.15, 0.2) is 42.5 Å². The highest BCUT2D eigenvalue weighted by molar-refractivity contribution is 6.30. The van der Waals surface area contributed by atoms with E-state index in [1.165, 1.54) is 11.1 Å². The van der Waals surface area contributed by atoms with Crippen LogP contribution in [0.1, 0.15) is 22.7 Å². The number of hydrogen-bond acceptors (Lipinski definition) is 1. The van der Waals surface area contributed by atoms with Gasteiger partial charge in [-0.2, -0.15) is 0 Å². The Bertz CT molecular complexity index is 626. The highest BCUT2D eigenvalue weighted by Crippen LogP contribution is 2.37. The van der Waals surface area contributed by atoms with Gasteiger partial charge in [0, 0.05) is 6.04 Å². The summed E-state index contributed by atoms with van der Waals surface area (Å²) in [5.74, 6) is 0.124. The van der Waals surface area contributed by atoms with Crippen LogP contribution in [0.2, 0.25) is 5.02 Å². The summed E-state index contributed by atoms with van der Waals surface area (Å²) in [5.41, 5.74) is 3.77. The molecule has 104 valence electrons. The van der Waals surface area contributed by atoms with Crippen molar-refractivity contribution in [2.24, 2.45) is 5.92 Å². The first-order valence-electron chi connectivity index (χ1n) is 6.88. The first kappa shape index (κ1) is 13.6. The normalized spacial score (nSPS) is 20.9. The molecule has 0 fully saturated rings. The number of halogens is 2. The van der Waals surface area contributed by atoms with Gasteiger partial charge in [0.2, 0.25) is 0 Å². The molecule has 20 heavy (non-hydrogen) atoms. The largest absolute Gasteiger partial charge is 0.313 e. The average Bonchev–Trinajstić information content (AvgIpc) is 2.80. The van der Waals surface area contributed by atoms with Gasteiger partial charge in [0.05, 0.1) is 5.02 Å². The Hall–Kier alpha value is -1.38. The van der Waals surface area contributed by atoms with Crippen molar-refractivity contribution < 1.29 is 4.39 Å². The fraction of sp³-hybridized carbons (Fsp3) is 0.294. The zero-order chi connectivity index (χ0) is 14.1. The van der Waals surface area contributed by atoms with E-state index >= 15 is 0 Å². The molecule has 1 aliphatic carbocycles. The van der Waals surface area contributed by atoms with E-state index in [1.807, 2.05) is 13.1 Å². The summed E-state index contributed by atoms with van der Waals surface area (Å²) in [5, 5.41) is 3.59. The predicted octanol–water partition coefficient (Wildman–Crippen LogP) is 4.15. The van der Waals surface area contributed by atoms with Gasteiger partial charge in [-0.3, -0.25) is 0 Å². The lowest BCUT2D eigenvalue weighted by atomic mass is 9.93. The fourth-order valence-electron chi connectivity index (χ4n) is 3.23. The van der Waals surface area contributed by atoms with Crippen LogP contribution in [0.3, 0.4) is 0 Å². The van der Waals surface area contributed by atoms with Crippen molar-refractivity contribution in [3.8, 4) is 0 Å². The second-order valence-electron chi connectivity index (χ2n) is 5.38. The molecule has 2 aromatic rings. The Morgan fingerprint density at radius 1 is 1.25 bits per heavy atom. The van der Waals surface area contributed by atoms with Crippen LogP contribution in [-0.2, 0) is 12.8 Å². The SMILES string of the molecule is CNC1c2ccccc2CC1Cc1ccc(Cl)c(F)c1. The monoisotopic (exact) mass is 289 g/mol. The summed E-state index contributed by atoms with van der Waals surface area (Å²) in [4.78, 5) is 0. The molecule has 1 nitrogen and oxygen atoms in total. The number of hydrogen-bond donors (Lipinski definition) is 1. The van der Waals surface area contributed by atoms with E-state index in [1.54, 1.807) is 12.1 Å². The fourth-order valence-corrected chi connectivity index (χ4v) is 3.35. The summed E-state index contributed by atoms with van der Waals surface area (Å²) < 4.78 is 13.5. The van der Waals surface area contributed by atoms with E-state index in [0.29, 0.717) is 12.0 Å². The number of nitrogens with one attached hydrogen (secondary N) is 1. The summed E-state index contributed by atoms with van der Waals surface area (Å²) in [7, 11) is 1.99. The lowest BCUT2D eigenvalue weighted by Crippen LogP contribution is -2.23. The first-order chi connectivity index (χ1) is 9.69. The van der Waals surface area contributed by atoms with Gasteiger partial charge in [0.25, 0.3) is 0 Å². The second-order valence-corrected chi connectivity index (χ2v) is 5.79. The number of benzene rings is 2. The van der Waals surface area contributed by atoms with Crippen molar-refractivity contribution in [2.45, 2.75) is 18.9 Å². The highest BCUT2D eigenvalue weighted by Gasteiger charge is 2.30. The molecule has 2 unspecified atom stereocenters. The van der Waals surface area contributed by atoms with Gasteiger partial charge in [0.15, 0.2) is 0 Å². The van der Waals surface area contributed by atoms with Crippen LogP contribution in [0.4, 0.5) is 4.39 Å². The molecule has 0 bridgehead atoms. The summed E-state index contributed by atoms with van der Waals surface area (Å²) in [6.07, 6.45) is 1.89. The number of fused-ring (bicyclic) bond motifs is 1. The maximum Gasteiger partial charge on any atom is 0.142 e. The maximum absolute atomic E-state index is 13.5. The minimum absolute atomic E-state index is 0.189. The van der Waals surface area contributed by atoms with E-state index in [4.69, 9.17) is 11.6 Å². The molecule has 0 radical (unpaired) electrons. The minimum atomic E-state index is -0.333. The maximum atomic E-state index is 13.5. The smallest absolute Gasteiger partial charge is 0.142 e. The molecule has 0 heterocycles. The predicted molar refractivity (Wildman–Crippen MR) is 80.6 cm³/mol.